The summed E-state index contributed by atoms with van der Waals surface area (Å²) in [6.07, 6.45) is 0. The maximum absolute atomic E-state index is 14.1. The lowest BCUT2D eigenvalue weighted by molar-refractivity contribution is -0.144. The molecular formula is C21H19F2NO4. The van der Waals surface area contributed by atoms with Gasteiger partial charge in [-0.2, -0.15) is 0 Å². The average Bonchev–Trinajstić information content (AvgIpc) is 2.92. The molecule has 146 valence electrons. The quantitative estimate of drug-likeness (QED) is 0.678. The summed E-state index contributed by atoms with van der Waals surface area (Å²) in [7, 11) is 0. The Bertz CT molecular complexity index is 1090. The average molecular weight is 387 g/mol. The number of rotatable bonds is 4. The minimum atomic E-state index is -0.909. The number of fused-ring (bicyclic) bond motifs is 1. The largest absolute Gasteiger partial charge is 0.505 e. The molecule has 7 heteroatoms. The Labute approximate surface area is 160 Å². The zero-order valence-corrected chi connectivity index (χ0v) is 15.6. The van der Waals surface area contributed by atoms with Crippen LogP contribution in [-0.2, 0) is 9.53 Å². The topological polar surface area (TPSA) is 68.5 Å². The van der Waals surface area contributed by atoms with E-state index in [1.807, 2.05) is 0 Å². The lowest BCUT2D eigenvalue weighted by Crippen LogP contribution is -2.16. The molecule has 1 atom stereocenters. The highest BCUT2D eigenvalue weighted by Crippen LogP contribution is 2.36. The molecule has 0 amide bonds. The summed E-state index contributed by atoms with van der Waals surface area (Å²) in [6.45, 7) is 5.08. The van der Waals surface area contributed by atoms with Crippen molar-refractivity contribution in [3.63, 3.8) is 0 Å². The van der Waals surface area contributed by atoms with Crippen LogP contribution in [-0.4, -0.2) is 28.2 Å². The van der Waals surface area contributed by atoms with Gasteiger partial charge in [0.1, 0.15) is 5.82 Å². The molecule has 0 bridgehead atoms. The van der Waals surface area contributed by atoms with Crippen molar-refractivity contribution in [2.45, 2.75) is 26.7 Å². The molecule has 0 saturated carbocycles. The number of aromatic hydroxyl groups is 1. The minimum Gasteiger partial charge on any atom is -0.505 e. The summed E-state index contributed by atoms with van der Waals surface area (Å²) in [5.74, 6) is -3.92. The van der Waals surface area contributed by atoms with E-state index in [-0.39, 0.29) is 17.7 Å². The van der Waals surface area contributed by atoms with Gasteiger partial charge in [0, 0.05) is 22.7 Å². The molecule has 5 nitrogen and oxygen atoms in total. The molecule has 1 N–H and O–H groups in total. The van der Waals surface area contributed by atoms with Crippen molar-refractivity contribution in [1.82, 2.24) is 4.57 Å². The number of nitrogens with zero attached hydrogens (tertiary/aromatic N) is 1. The predicted octanol–water partition coefficient (Wildman–Crippen LogP) is 4.29. The van der Waals surface area contributed by atoms with Gasteiger partial charge in [-0.15, -0.1) is 0 Å². The molecule has 2 aromatic carbocycles. The van der Waals surface area contributed by atoms with Crippen molar-refractivity contribution in [2.24, 2.45) is 0 Å². The van der Waals surface area contributed by atoms with Gasteiger partial charge in [-0.3, -0.25) is 14.2 Å². The molecule has 0 aliphatic rings. The number of halogens is 2. The van der Waals surface area contributed by atoms with Gasteiger partial charge < -0.3 is 9.84 Å². The van der Waals surface area contributed by atoms with Crippen molar-refractivity contribution in [2.75, 3.05) is 6.61 Å². The molecule has 0 unspecified atom stereocenters. The monoisotopic (exact) mass is 387 g/mol. The van der Waals surface area contributed by atoms with Crippen LogP contribution in [0.3, 0.4) is 0 Å². The number of ether oxygens (including phenoxy) is 1. The maximum Gasteiger partial charge on any atom is 0.313 e. The van der Waals surface area contributed by atoms with Gasteiger partial charge in [0.05, 0.1) is 18.0 Å². The lowest BCUT2D eigenvalue weighted by Gasteiger charge is -2.12. The molecule has 0 aliphatic carbocycles. The van der Waals surface area contributed by atoms with Crippen molar-refractivity contribution < 1.29 is 28.2 Å². The van der Waals surface area contributed by atoms with Crippen LogP contribution in [0.15, 0.2) is 36.4 Å². The summed E-state index contributed by atoms with van der Waals surface area (Å²) >= 11 is 0. The highest BCUT2D eigenvalue weighted by molar-refractivity contribution is 6.05. The second-order valence-corrected chi connectivity index (χ2v) is 6.44. The molecule has 3 rings (SSSR count). The third kappa shape index (κ3) is 3.24. The van der Waals surface area contributed by atoms with E-state index in [9.17, 15) is 23.5 Å². The number of aromatic nitrogens is 1. The van der Waals surface area contributed by atoms with Crippen molar-refractivity contribution in [1.29, 1.82) is 0 Å². The van der Waals surface area contributed by atoms with Crippen LogP contribution in [0.5, 0.6) is 5.75 Å². The Morgan fingerprint density at radius 1 is 1.21 bits per heavy atom. The van der Waals surface area contributed by atoms with E-state index < -0.39 is 35.2 Å². The Morgan fingerprint density at radius 2 is 1.93 bits per heavy atom. The molecular weight excluding hydrogens is 368 g/mol. The van der Waals surface area contributed by atoms with Crippen LogP contribution >= 0.6 is 0 Å². The zero-order chi connectivity index (χ0) is 20.6. The molecule has 3 aromatic rings. The van der Waals surface area contributed by atoms with E-state index in [1.54, 1.807) is 20.8 Å². The van der Waals surface area contributed by atoms with E-state index >= 15 is 0 Å². The summed E-state index contributed by atoms with van der Waals surface area (Å²) in [5.41, 5.74) is 1.07. The van der Waals surface area contributed by atoms with Crippen LogP contribution in [0.25, 0.3) is 10.9 Å². The van der Waals surface area contributed by atoms with Crippen LogP contribution < -0.4 is 0 Å². The summed E-state index contributed by atoms with van der Waals surface area (Å²) in [4.78, 5) is 25.3. The SMILES string of the molecule is CCOC(=O)[C@@H](C)c1c(C)n(C(=O)c2cccc(F)c2)c2cc(F)c(O)cc12. The fraction of sp³-hybridized carbons (Fsp3) is 0.238. The predicted molar refractivity (Wildman–Crippen MR) is 99.5 cm³/mol. The number of carbonyl (C=O) groups excluding carboxylic acids is 2. The standard InChI is InChI=1S/C21H19F2NO4/c1-4-28-21(27)11(2)19-12(3)24(17-10-16(23)18(25)9-15(17)19)20(26)13-6-5-7-14(22)8-13/h5-11,25H,4H2,1-3H3/t11-/m0/s1. The van der Waals surface area contributed by atoms with E-state index in [2.05, 4.69) is 0 Å². The second-order valence-electron chi connectivity index (χ2n) is 6.44. The number of esters is 1. The zero-order valence-electron chi connectivity index (χ0n) is 15.6. The Balaban J connectivity index is 2.28. The molecule has 28 heavy (non-hydrogen) atoms. The number of carbonyl (C=O) groups is 2. The molecule has 0 radical (unpaired) electrons. The van der Waals surface area contributed by atoms with Gasteiger partial charge >= 0.3 is 5.97 Å². The highest BCUT2D eigenvalue weighted by Gasteiger charge is 2.28. The Hall–Kier alpha value is -3.22. The van der Waals surface area contributed by atoms with Crippen LogP contribution in [0, 0.1) is 18.6 Å². The number of hydrogen-bond donors (Lipinski definition) is 1. The fourth-order valence-electron chi connectivity index (χ4n) is 3.39. The first-order valence-electron chi connectivity index (χ1n) is 8.76. The number of hydrogen-bond acceptors (Lipinski definition) is 4. The molecule has 0 fully saturated rings. The Kier molecular flexibility index (Phi) is 5.18. The van der Waals surface area contributed by atoms with E-state index in [0.717, 1.165) is 12.1 Å². The number of benzene rings is 2. The molecule has 1 aromatic heterocycles. The molecule has 1 heterocycles. The molecule has 0 spiro atoms. The smallest absolute Gasteiger partial charge is 0.313 e. The Morgan fingerprint density at radius 3 is 2.57 bits per heavy atom. The van der Waals surface area contributed by atoms with Gasteiger partial charge in [-0.25, -0.2) is 8.78 Å². The van der Waals surface area contributed by atoms with Crippen LogP contribution in [0.2, 0.25) is 0 Å². The second kappa shape index (κ2) is 7.42. The fourth-order valence-corrected chi connectivity index (χ4v) is 3.39. The minimum absolute atomic E-state index is 0.0730. The lowest BCUT2D eigenvalue weighted by atomic mass is 9.98. The van der Waals surface area contributed by atoms with Gasteiger partial charge in [-0.05, 0) is 50.6 Å². The molecule has 0 saturated heterocycles. The highest BCUT2D eigenvalue weighted by atomic mass is 19.1. The third-order valence-corrected chi connectivity index (χ3v) is 4.67. The summed E-state index contributed by atoms with van der Waals surface area (Å²) in [6, 6.07) is 7.34. The maximum atomic E-state index is 14.1. The van der Waals surface area contributed by atoms with Gasteiger partial charge in [0.25, 0.3) is 5.91 Å². The van der Waals surface area contributed by atoms with E-state index in [0.29, 0.717) is 16.6 Å². The van der Waals surface area contributed by atoms with E-state index in [4.69, 9.17) is 4.74 Å². The summed E-state index contributed by atoms with van der Waals surface area (Å²) in [5, 5.41) is 10.2. The van der Waals surface area contributed by atoms with Crippen LogP contribution in [0.4, 0.5) is 8.78 Å². The number of phenols is 1. The first-order chi connectivity index (χ1) is 13.3. The van der Waals surface area contributed by atoms with Crippen LogP contribution in [0.1, 0.15) is 41.4 Å². The van der Waals surface area contributed by atoms with Crippen molar-refractivity contribution >= 4 is 22.8 Å². The van der Waals surface area contributed by atoms with Crippen molar-refractivity contribution in [3.05, 3.63) is 64.9 Å². The first-order valence-corrected chi connectivity index (χ1v) is 8.76. The third-order valence-electron chi connectivity index (χ3n) is 4.67. The van der Waals surface area contributed by atoms with E-state index in [1.165, 1.54) is 28.8 Å². The normalized spacial score (nSPS) is 12.2. The van der Waals surface area contributed by atoms with Gasteiger partial charge in [-0.1, -0.05) is 6.07 Å². The number of phenolic OH excluding ortho intramolecular Hbond substituents is 1. The summed E-state index contributed by atoms with van der Waals surface area (Å²) < 4.78 is 33.9. The van der Waals surface area contributed by atoms with Crippen molar-refractivity contribution in [3.8, 4) is 5.75 Å². The van der Waals surface area contributed by atoms with Gasteiger partial charge in [0.15, 0.2) is 11.6 Å². The van der Waals surface area contributed by atoms with Gasteiger partial charge in [0.2, 0.25) is 0 Å². The first kappa shape index (κ1) is 19.5. The molecule has 0 aliphatic heterocycles.